The molecule has 0 bridgehead atoms. The van der Waals surface area contributed by atoms with Gasteiger partial charge in [0.2, 0.25) is 0 Å². The third kappa shape index (κ3) is 3.69. The van der Waals surface area contributed by atoms with Crippen LogP contribution in [-0.4, -0.2) is 24.6 Å². The highest BCUT2D eigenvalue weighted by Crippen LogP contribution is 2.61. The molecule has 0 spiro atoms. The van der Waals surface area contributed by atoms with E-state index in [4.69, 9.17) is 4.74 Å². The molecule has 0 unspecified atom stereocenters. The number of ether oxygens (including phenoxy) is 2. The van der Waals surface area contributed by atoms with Crippen LogP contribution in [0, 0.1) is 17.3 Å². The van der Waals surface area contributed by atoms with Gasteiger partial charge in [0.1, 0.15) is 5.75 Å². The first-order valence-corrected chi connectivity index (χ1v) is 11.5. The Hall–Kier alpha value is -2.89. The van der Waals surface area contributed by atoms with Gasteiger partial charge in [-0.05, 0) is 102 Å². The summed E-state index contributed by atoms with van der Waals surface area (Å²) >= 11 is 0. The van der Waals surface area contributed by atoms with E-state index in [-0.39, 0.29) is 28.6 Å². The van der Waals surface area contributed by atoms with E-state index >= 15 is 0 Å². The fourth-order valence-electron chi connectivity index (χ4n) is 6.54. The first-order chi connectivity index (χ1) is 15.8. The first-order valence-electron chi connectivity index (χ1n) is 11.5. The molecule has 3 aliphatic rings. The average Bonchev–Trinajstić information content (AvgIpc) is 3.04. The van der Waals surface area contributed by atoms with Gasteiger partial charge in [-0.3, -0.25) is 4.79 Å². The molecule has 3 aliphatic carbocycles. The predicted molar refractivity (Wildman–Crippen MR) is 121 cm³/mol. The lowest BCUT2D eigenvalue weighted by Gasteiger charge is -2.48. The highest BCUT2D eigenvalue weighted by Gasteiger charge is 2.56. The van der Waals surface area contributed by atoms with E-state index in [0.717, 1.165) is 43.2 Å². The standard InChI is InChI=1S/C27H28F2O4/c1-27-10-9-20-19-7-5-18(30)13-16(19)4-6-21(20)22(27)14-17(25(27)31)11-15-3-8-23(33-26(28)29)24(12-15)32-2/h3,5,7-8,11-13,20-22,26,30H,4,6,9-10,14H2,1-2H3/b17-11+/t20-,21-,22-,27-/m1/s1. The van der Waals surface area contributed by atoms with Gasteiger partial charge in [-0.1, -0.05) is 19.1 Å². The van der Waals surface area contributed by atoms with Crippen LogP contribution < -0.4 is 9.47 Å². The molecule has 5 rings (SSSR count). The largest absolute Gasteiger partial charge is 0.508 e. The highest BCUT2D eigenvalue weighted by atomic mass is 19.3. The van der Waals surface area contributed by atoms with E-state index in [1.165, 1.54) is 24.3 Å². The van der Waals surface area contributed by atoms with E-state index in [2.05, 4.69) is 17.7 Å². The van der Waals surface area contributed by atoms with Gasteiger partial charge in [0.25, 0.3) is 0 Å². The Morgan fingerprint density at radius 1 is 1.15 bits per heavy atom. The van der Waals surface area contributed by atoms with Gasteiger partial charge in [-0.15, -0.1) is 0 Å². The van der Waals surface area contributed by atoms with Gasteiger partial charge in [0.05, 0.1) is 7.11 Å². The van der Waals surface area contributed by atoms with Gasteiger partial charge < -0.3 is 14.6 Å². The van der Waals surface area contributed by atoms with Crippen LogP contribution in [0.15, 0.2) is 42.0 Å². The van der Waals surface area contributed by atoms with Crippen molar-refractivity contribution in [3.63, 3.8) is 0 Å². The van der Waals surface area contributed by atoms with E-state index in [1.54, 1.807) is 18.2 Å². The minimum Gasteiger partial charge on any atom is -0.508 e. The van der Waals surface area contributed by atoms with Crippen LogP contribution in [0.5, 0.6) is 17.2 Å². The zero-order valence-electron chi connectivity index (χ0n) is 18.8. The number of aromatic hydroxyl groups is 1. The number of hydrogen-bond donors (Lipinski definition) is 1. The number of phenolic OH excluding ortho intramolecular Hbond substituents is 1. The van der Waals surface area contributed by atoms with Crippen LogP contribution in [0.1, 0.15) is 55.2 Å². The summed E-state index contributed by atoms with van der Waals surface area (Å²) < 4.78 is 35.0. The number of carbonyl (C=O) groups excluding carboxylic acids is 1. The lowest BCUT2D eigenvalue weighted by atomic mass is 9.55. The molecule has 33 heavy (non-hydrogen) atoms. The van der Waals surface area contributed by atoms with Crippen molar-refractivity contribution in [2.24, 2.45) is 17.3 Å². The van der Waals surface area contributed by atoms with Gasteiger partial charge in [-0.2, -0.15) is 8.78 Å². The third-order valence-corrected chi connectivity index (χ3v) is 8.09. The molecule has 2 fully saturated rings. The van der Waals surface area contributed by atoms with Crippen molar-refractivity contribution in [3.05, 3.63) is 58.7 Å². The number of allylic oxidation sites excluding steroid dienone is 1. The summed E-state index contributed by atoms with van der Waals surface area (Å²) in [4.78, 5) is 13.5. The van der Waals surface area contributed by atoms with E-state index < -0.39 is 6.61 Å². The first kappa shape index (κ1) is 21.9. The zero-order valence-corrected chi connectivity index (χ0v) is 18.8. The second-order valence-electron chi connectivity index (χ2n) is 9.75. The van der Waals surface area contributed by atoms with Gasteiger partial charge in [0.15, 0.2) is 17.3 Å². The van der Waals surface area contributed by atoms with Crippen molar-refractivity contribution >= 4 is 11.9 Å². The summed E-state index contributed by atoms with van der Waals surface area (Å²) in [6.07, 6.45) is 6.37. The normalized spacial score (nSPS) is 29.5. The molecule has 4 atom stereocenters. The fourth-order valence-corrected chi connectivity index (χ4v) is 6.54. The summed E-state index contributed by atoms with van der Waals surface area (Å²) in [7, 11) is 1.40. The molecule has 1 N–H and O–H groups in total. The minimum absolute atomic E-state index is 0.0252. The number of aryl methyl sites for hydroxylation is 1. The monoisotopic (exact) mass is 454 g/mol. The molecule has 4 nitrogen and oxygen atoms in total. The Morgan fingerprint density at radius 3 is 2.73 bits per heavy atom. The van der Waals surface area contributed by atoms with Crippen molar-refractivity contribution < 1.29 is 28.2 Å². The van der Waals surface area contributed by atoms with Gasteiger partial charge >= 0.3 is 6.61 Å². The summed E-state index contributed by atoms with van der Waals surface area (Å²) in [5, 5.41) is 9.88. The summed E-state index contributed by atoms with van der Waals surface area (Å²) in [5.41, 5.74) is 3.72. The minimum atomic E-state index is -2.93. The Bertz CT molecular complexity index is 1130. The summed E-state index contributed by atoms with van der Waals surface area (Å²) in [6.45, 7) is -0.816. The molecule has 174 valence electrons. The van der Waals surface area contributed by atoms with Crippen molar-refractivity contribution in [2.75, 3.05) is 7.11 Å². The number of hydrogen-bond acceptors (Lipinski definition) is 4. The maximum Gasteiger partial charge on any atom is 0.387 e. The number of fused-ring (bicyclic) bond motifs is 5. The second-order valence-corrected chi connectivity index (χ2v) is 9.75. The molecule has 2 saturated carbocycles. The zero-order chi connectivity index (χ0) is 23.3. The smallest absolute Gasteiger partial charge is 0.387 e. The maximum absolute atomic E-state index is 13.5. The molecular formula is C27H28F2O4. The van der Waals surface area contributed by atoms with Crippen molar-refractivity contribution in [1.82, 2.24) is 0 Å². The molecule has 0 aliphatic heterocycles. The molecule has 2 aromatic carbocycles. The van der Waals surface area contributed by atoms with Crippen molar-refractivity contribution in [1.29, 1.82) is 0 Å². The maximum atomic E-state index is 13.5. The Labute approximate surface area is 192 Å². The lowest BCUT2D eigenvalue weighted by Crippen LogP contribution is -2.42. The molecule has 0 saturated heterocycles. The fraction of sp³-hybridized carbons (Fsp3) is 0.444. The number of Topliss-reactive ketones (excluding diaryl/α,β-unsaturated/α-hetero) is 1. The predicted octanol–water partition coefficient (Wildman–Crippen LogP) is 6.12. The topological polar surface area (TPSA) is 55.8 Å². The number of methoxy groups -OCH3 is 1. The van der Waals surface area contributed by atoms with Crippen LogP contribution >= 0.6 is 0 Å². The van der Waals surface area contributed by atoms with E-state index in [1.807, 2.05) is 12.1 Å². The number of phenols is 1. The van der Waals surface area contributed by atoms with E-state index in [0.29, 0.717) is 17.6 Å². The van der Waals surface area contributed by atoms with Crippen molar-refractivity contribution in [2.45, 2.75) is 51.6 Å². The summed E-state index contributed by atoms with van der Waals surface area (Å²) in [6, 6.07) is 10.5. The van der Waals surface area contributed by atoms with Gasteiger partial charge in [-0.25, -0.2) is 0 Å². The molecule has 2 aromatic rings. The van der Waals surface area contributed by atoms with Crippen molar-refractivity contribution in [3.8, 4) is 17.2 Å². The number of halogens is 2. The quantitative estimate of drug-likeness (QED) is 0.566. The number of rotatable bonds is 4. The number of alkyl halides is 2. The van der Waals surface area contributed by atoms with E-state index in [9.17, 15) is 18.7 Å². The summed E-state index contributed by atoms with van der Waals surface area (Å²) in [5.74, 6) is 1.84. The number of benzene rings is 2. The van der Waals surface area contributed by atoms with Gasteiger partial charge in [0, 0.05) is 5.41 Å². The molecule has 0 heterocycles. The Kier molecular flexibility index (Phi) is 5.42. The molecule has 6 heteroatoms. The van der Waals surface area contributed by atoms with Crippen LogP contribution in [0.4, 0.5) is 8.78 Å². The van der Waals surface area contributed by atoms with Crippen LogP contribution in [0.2, 0.25) is 0 Å². The Morgan fingerprint density at radius 2 is 1.97 bits per heavy atom. The van der Waals surface area contributed by atoms with Crippen LogP contribution in [-0.2, 0) is 11.2 Å². The van der Waals surface area contributed by atoms with Crippen LogP contribution in [0.25, 0.3) is 6.08 Å². The van der Waals surface area contributed by atoms with Crippen LogP contribution in [0.3, 0.4) is 0 Å². The lowest BCUT2D eigenvalue weighted by molar-refractivity contribution is -0.127. The SMILES string of the molecule is COc1cc(/C=C2\C[C@@H]3[C@@H]4CCc5cc(O)ccc5[C@H]4CC[C@@]3(C)C2=O)ccc1OC(F)F. The molecule has 0 radical (unpaired) electrons. The number of ketones is 1. The molecule has 0 aromatic heterocycles. The molecular weight excluding hydrogens is 426 g/mol. The third-order valence-electron chi connectivity index (χ3n) is 8.09. The molecule has 0 amide bonds. The second kappa shape index (κ2) is 8.15. The number of carbonyl (C=O) groups is 1. The highest BCUT2D eigenvalue weighted by molar-refractivity contribution is 6.06. The average molecular weight is 455 g/mol. The Balaban J connectivity index is 1.44.